The highest BCUT2D eigenvalue weighted by molar-refractivity contribution is 5.32. The van der Waals surface area contributed by atoms with E-state index < -0.39 is 0 Å². The van der Waals surface area contributed by atoms with Crippen molar-refractivity contribution in [2.75, 3.05) is 0 Å². The maximum Gasteiger partial charge on any atom is 0.0991 e. The van der Waals surface area contributed by atoms with E-state index in [9.17, 15) is 0 Å². The molecule has 0 saturated heterocycles. The summed E-state index contributed by atoms with van der Waals surface area (Å²) >= 11 is 0. The topological polar surface area (TPSA) is 35.8 Å². The van der Waals surface area contributed by atoms with Gasteiger partial charge in [-0.2, -0.15) is 5.26 Å². The molecule has 0 aliphatic heterocycles. The van der Waals surface area contributed by atoms with E-state index in [-0.39, 0.29) is 6.04 Å². The van der Waals surface area contributed by atoms with Gasteiger partial charge in [-0.05, 0) is 37.1 Å². The monoisotopic (exact) mass is 250 g/mol. The summed E-state index contributed by atoms with van der Waals surface area (Å²) in [4.78, 5) is 0. The molecule has 0 saturated carbocycles. The van der Waals surface area contributed by atoms with Gasteiger partial charge < -0.3 is 5.32 Å². The van der Waals surface area contributed by atoms with E-state index >= 15 is 0 Å². The molecule has 2 heteroatoms. The molecule has 1 unspecified atom stereocenters. The van der Waals surface area contributed by atoms with Gasteiger partial charge in [0.15, 0.2) is 0 Å². The van der Waals surface area contributed by atoms with E-state index in [0.717, 1.165) is 6.54 Å². The second-order valence-corrected chi connectivity index (χ2v) is 4.82. The number of hydrogen-bond donors (Lipinski definition) is 1. The maximum atomic E-state index is 8.78. The summed E-state index contributed by atoms with van der Waals surface area (Å²) in [6, 6.07) is 18.7. The Balaban J connectivity index is 1.95. The second kappa shape index (κ2) is 6.17. The highest BCUT2D eigenvalue weighted by Crippen LogP contribution is 2.14. The van der Waals surface area contributed by atoms with Crippen molar-refractivity contribution in [2.24, 2.45) is 0 Å². The summed E-state index contributed by atoms with van der Waals surface area (Å²) in [5.74, 6) is 0. The van der Waals surface area contributed by atoms with Crippen LogP contribution in [0.2, 0.25) is 0 Å². The Bertz CT molecular complexity index is 562. The number of benzene rings is 2. The molecule has 96 valence electrons. The Morgan fingerprint density at radius 1 is 1.05 bits per heavy atom. The summed E-state index contributed by atoms with van der Waals surface area (Å²) in [5.41, 5.74) is 4.47. The molecule has 2 nitrogen and oxygen atoms in total. The lowest BCUT2D eigenvalue weighted by atomic mass is 10.1. The van der Waals surface area contributed by atoms with E-state index in [0.29, 0.717) is 5.56 Å². The molecular weight excluding hydrogens is 232 g/mol. The standard InChI is InChI=1S/C17H18N2/c1-13-3-5-16(6-4-13)12-19-14(2)17-9-7-15(11-18)8-10-17/h3-10,14,19H,12H2,1-2H3. The largest absolute Gasteiger partial charge is 0.306 e. The SMILES string of the molecule is Cc1ccc(CNC(C)c2ccc(C#N)cc2)cc1. The maximum absolute atomic E-state index is 8.78. The lowest BCUT2D eigenvalue weighted by Crippen LogP contribution is -2.17. The second-order valence-electron chi connectivity index (χ2n) is 4.82. The van der Waals surface area contributed by atoms with E-state index in [4.69, 9.17) is 5.26 Å². The molecule has 0 radical (unpaired) electrons. The van der Waals surface area contributed by atoms with Gasteiger partial charge in [-0.15, -0.1) is 0 Å². The number of nitrogens with one attached hydrogen (secondary N) is 1. The van der Waals surface area contributed by atoms with Crippen molar-refractivity contribution in [3.8, 4) is 6.07 Å². The summed E-state index contributed by atoms with van der Waals surface area (Å²) in [6.07, 6.45) is 0. The smallest absolute Gasteiger partial charge is 0.0991 e. The zero-order valence-electron chi connectivity index (χ0n) is 11.4. The van der Waals surface area contributed by atoms with Gasteiger partial charge in [0.25, 0.3) is 0 Å². The first-order valence-electron chi connectivity index (χ1n) is 6.48. The minimum atomic E-state index is 0.272. The van der Waals surface area contributed by atoms with Gasteiger partial charge >= 0.3 is 0 Å². The molecule has 1 N–H and O–H groups in total. The fourth-order valence-corrected chi connectivity index (χ4v) is 1.94. The Morgan fingerprint density at radius 3 is 2.26 bits per heavy atom. The van der Waals surface area contributed by atoms with Crippen LogP contribution in [0.1, 0.15) is 35.2 Å². The van der Waals surface area contributed by atoms with Crippen LogP contribution in [-0.4, -0.2) is 0 Å². The fraction of sp³-hybridized carbons (Fsp3) is 0.235. The van der Waals surface area contributed by atoms with Crippen LogP contribution >= 0.6 is 0 Å². The highest BCUT2D eigenvalue weighted by atomic mass is 14.9. The van der Waals surface area contributed by atoms with Crippen molar-refractivity contribution in [1.82, 2.24) is 5.32 Å². The third-order valence-electron chi connectivity index (χ3n) is 3.27. The zero-order valence-corrected chi connectivity index (χ0v) is 11.4. The average Bonchev–Trinajstić information content (AvgIpc) is 2.46. The van der Waals surface area contributed by atoms with Crippen molar-refractivity contribution >= 4 is 0 Å². The quantitative estimate of drug-likeness (QED) is 0.897. The fourth-order valence-electron chi connectivity index (χ4n) is 1.94. The van der Waals surface area contributed by atoms with Gasteiger partial charge in [0.05, 0.1) is 11.6 Å². The van der Waals surface area contributed by atoms with Crippen LogP contribution in [0.15, 0.2) is 48.5 Å². The predicted octanol–water partition coefficient (Wildman–Crippen LogP) is 3.72. The summed E-state index contributed by atoms with van der Waals surface area (Å²) in [6.45, 7) is 5.08. The molecule has 0 aromatic heterocycles. The van der Waals surface area contributed by atoms with Crippen LogP contribution in [0, 0.1) is 18.3 Å². The van der Waals surface area contributed by atoms with E-state index in [2.05, 4.69) is 49.5 Å². The molecule has 0 aliphatic carbocycles. The lowest BCUT2D eigenvalue weighted by Gasteiger charge is -2.14. The molecular formula is C17H18N2. The van der Waals surface area contributed by atoms with Crippen LogP contribution in [0.3, 0.4) is 0 Å². The molecule has 0 amide bonds. The number of nitrogens with zero attached hydrogens (tertiary/aromatic N) is 1. The molecule has 0 bridgehead atoms. The van der Waals surface area contributed by atoms with Crippen LogP contribution < -0.4 is 5.32 Å². The number of nitriles is 1. The molecule has 19 heavy (non-hydrogen) atoms. The molecule has 2 aromatic carbocycles. The Hall–Kier alpha value is -2.11. The van der Waals surface area contributed by atoms with Crippen LogP contribution in [-0.2, 0) is 6.54 Å². The Labute approximate surface area is 114 Å². The predicted molar refractivity (Wildman–Crippen MR) is 77.6 cm³/mol. The Morgan fingerprint density at radius 2 is 1.68 bits per heavy atom. The highest BCUT2D eigenvalue weighted by Gasteiger charge is 2.04. The van der Waals surface area contributed by atoms with E-state index in [1.807, 2.05) is 24.3 Å². The lowest BCUT2D eigenvalue weighted by molar-refractivity contribution is 0.574. The van der Waals surface area contributed by atoms with Crippen LogP contribution in [0.25, 0.3) is 0 Å². The molecule has 0 heterocycles. The Kier molecular flexibility index (Phi) is 4.33. The van der Waals surface area contributed by atoms with Gasteiger partial charge in [-0.1, -0.05) is 42.0 Å². The third-order valence-corrected chi connectivity index (χ3v) is 3.27. The van der Waals surface area contributed by atoms with Gasteiger partial charge in [0.1, 0.15) is 0 Å². The third kappa shape index (κ3) is 3.67. The average molecular weight is 250 g/mol. The van der Waals surface area contributed by atoms with Crippen LogP contribution in [0.5, 0.6) is 0 Å². The molecule has 0 spiro atoms. The molecule has 2 rings (SSSR count). The number of aryl methyl sites for hydroxylation is 1. The molecule has 2 aromatic rings. The van der Waals surface area contributed by atoms with Gasteiger partial charge in [0.2, 0.25) is 0 Å². The summed E-state index contributed by atoms with van der Waals surface area (Å²) < 4.78 is 0. The van der Waals surface area contributed by atoms with Crippen molar-refractivity contribution in [3.05, 3.63) is 70.8 Å². The van der Waals surface area contributed by atoms with Crippen molar-refractivity contribution in [1.29, 1.82) is 5.26 Å². The number of hydrogen-bond acceptors (Lipinski definition) is 2. The van der Waals surface area contributed by atoms with Crippen LogP contribution in [0.4, 0.5) is 0 Å². The van der Waals surface area contributed by atoms with Crippen molar-refractivity contribution < 1.29 is 0 Å². The van der Waals surface area contributed by atoms with E-state index in [1.165, 1.54) is 16.7 Å². The van der Waals surface area contributed by atoms with Crippen molar-refractivity contribution in [3.63, 3.8) is 0 Å². The van der Waals surface area contributed by atoms with Gasteiger partial charge in [-0.3, -0.25) is 0 Å². The first-order valence-corrected chi connectivity index (χ1v) is 6.48. The summed E-state index contributed by atoms with van der Waals surface area (Å²) in [7, 11) is 0. The first-order chi connectivity index (χ1) is 9.19. The van der Waals surface area contributed by atoms with Crippen molar-refractivity contribution in [2.45, 2.75) is 26.4 Å². The minimum absolute atomic E-state index is 0.272. The summed E-state index contributed by atoms with van der Waals surface area (Å²) in [5, 5.41) is 12.3. The minimum Gasteiger partial charge on any atom is -0.306 e. The number of rotatable bonds is 4. The zero-order chi connectivity index (χ0) is 13.7. The molecule has 1 atom stereocenters. The molecule has 0 fully saturated rings. The van der Waals surface area contributed by atoms with E-state index in [1.54, 1.807) is 0 Å². The van der Waals surface area contributed by atoms with Gasteiger partial charge in [-0.25, -0.2) is 0 Å². The van der Waals surface area contributed by atoms with Gasteiger partial charge in [0, 0.05) is 12.6 Å². The first kappa shape index (κ1) is 13.3. The molecule has 0 aliphatic rings. The normalized spacial score (nSPS) is 11.8.